The Morgan fingerprint density at radius 2 is 1.90 bits per heavy atom. The normalized spacial score (nSPS) is 10.3. The van der Waals surface area contributed by atoms with Gasteiger partial charge in [0.25, 0.3) is 0 Å². The molecule has 2 aromatic rings. The zero-order chi connectivity index (χ0) is 14.4. The molecule has 0 bridgehead atoms. The molecule has 0 spiro atoms. The first-order valence-corrected chi connectivity index (χ1v) is 6.85. The van der Waals surface area contributed by atoms with E-state index in [1.807, 2.05) is 19.2 Å². The summed E-state index contributed by atoms with van der Waals surface area (Å²) in [4.78, 5) is 16.4. The molecule has 2 N–H and O–H groups in total. The van der Waals surface area contributed by atoms with Gasteiger partial charge in [-0.3, -0.25) is 4.98 Å². The largest absolute Gasteiger partial charge is 0.354 e. The molecule has 0 unspecified atom stereocenters. The number of halogens is 1. The fourth-order valence-electron chi connectivity index (χ4n) is 1.62. The van der Waals surface area contributed by atoms with Crippen LogP contribution in [0.5, 0.6) is 0 Å². The lowest BCUT2D eigenvalue weighted by atomic mass is 10.1. The predicted octanol–water partition coefficient (Wildman–Crippen LogP) is 2.66. The van der Waals surface area contributed by atoms with Crippen LogP contribution >= 0.6 is 11.6 Å². The molecule has 7 heteroatoms. The Kier molecular flexibility index (Phi) is 5.06. The summed E-state index contributed by atoms with van der Waals surface area (Å²) in [6.07, 6.45) is 4.58. The van der Waals surface area contributed by atoms with E-state index in [-0.39, 0.29) is 5.28 Å². The molecule has 0 aliphatic heterocycles. The van der Waals surface area contributed by atoms with Gasteiger partial charge in [0, 0.05) is 25.5 Å². The predicted molar refractivity (Wildman–Crippen MR) is 79.9 cm³/mol. The molecule has 0 fully saturated rings. The lowest BCUT2D eigenvalue weighted by molar-refractivity contribution is 0.931. The number of pyridine rings is 1. The Morgan fingerprint density at radius 3 is 2.60 bits per heavy atom. The van der Waals surface area contributed by atoms with Gasteiger partial charge in [-0.05, 0) is 42.1 Å². The number of hydrogen-bond acceptors (Lipinski definition) is 6. The highest BCUT2D eigenvalue weighted by atomic mass is 35.5. The molecule has 0 amide bonds. The minimum Gasteiger partial charge on any atom is -0.354 e. The van der Waals surface area contributed by atoms with Crippen molar-refractivity contribution in [2.45, 2.75) is 26.8 Å². The SMILES string of the molecule is CCCNc1nc(Cl)nc(NCc2ccncc2C)n1. The van der Waals surface area contributed by atoms with Crippen LogP contribution in [0.2, 0.25) is 5.28 Å². The number of aromatic nitrogens is 4. The molecule has 0 aliphatic carbocycles. The standard InChI is InChI=1S/C13H17ClN6/c1-3-5-16-12-18-11(14)19-13(20-12)17-8-10-4-6-15-7-9(10)2/h4,6-7H,3,5,8H2,1-2H3,(H2,16,17,18,19,20). The maximum atomic E-state index is 5.89. The summed E-state index contributed by atoms with van der Waals surface area (Å²) in [5, 5.41) is 6.41. The van der Waals surface area contributed by atoms with Crippen LogP contribution in [0.3, 0.4) is 0 Å². The van der Waals surface area contributed by atoms with Gasteiger partial charge in [0.05, 0.1) is 0 Å². The molecule has 106 valence electrons. The van der Waals surface area contributed by atoms with Gasteiger partial charge in [-0.25, -0.2) is 0 Å². The topological polar surface area (TPSA) is 75.6 Å². The fourth-order valence-corrected chi connectivity index (χ4v) is 1.78. The molecule has 0 saturated heterocycles. The van der Waals surface area contributed by atoms with E-state index in [4.69, 9.17) is 11.6 Å². The molecule has 6 nitrogen and oxygen atoms in total. The van der Waals surface area contributed by atoms with E-state index in [2.05, 4.69) is 37.5 Å². The smallest absolute Gasteiger partial charge is 0.229 e. The average molecular weight is 293 g/mol. The molecule has 0 radical (unpaired) electrons. The highest BCUT2D eigenvalue weighted by molar-refractivity contribution is 6.28. The van der Waals surface area contributed by atoms with Gasteiger partial charge in [0.1, 0.15) is 0 Å². The Hall–Kier alpha value is -1.95. The zero-order valence-corrected chi connectivity index (χ0v) is 12.3. The molecular weight excluding hydrogens is 276 g/mol. The van der Waals surface area contributed by atoms with Crippen LogP contribution in [0.1, 0.15) is 24.5 Å². The number of aryl methyl sites for hydroxylation is 1. The van der Waals surface area contributed by atoms with Crippen molar-refractivity contribution in [3.63, 3.8) is 0 Å². The van der Waals surface area contributed by atoms with Gasteiger partial charge in [-0.2, -0.15) is 15.0 Å². The second kappa shape index (κ2) is 7.00. The molecule has 2 aromatic heterocycles. The Labute approximate surface area is 123 Å². The monoisotopic (exact) mass is 292 g/mol. The van der Waals surface area contributed by atoms with Crippen LogP contribution in [-0.2, 0) is 6.54 Å². The number of rotatable bonds is 6. The molecular formula is C13H17ClN6. The van der Waals surface area contributed by atoms with Crippen molar-refractivity contribution in [3.05, 3.63) is 34.9 Å². The minimum atomic E-state index is 0.174. The lowest BCUT2D eigenvalue weighted by Crippen LogP contribution is -2.10. The highest BCUT2D eigenvalue weighted by Gasteiger charge is 2.05. The molecule has 0 atom stereocenters. The number of nitrogens with zero attached hydrogens (tertiary/aromatic N) is 4. The molecule has 2 heterocycles. The van der Waals surface area contributed by atoms with E-state index in [1.165, 1.54) is 0 Å². The van der Waals surface area contributed by atoms with Gasteiger partial charge >= 0.3 is 0 Å². The third-order valence-electron chi connectivity index (χ3n) is 2.71. The van der Waals surface area contributed by atoms with E-state index in [9.17, 15) is 0 Å². The Balaban J connectivity index is 2.05. The van der Waals surface area contributed by atoms with Gasteiger partial charge < -0.3 is 10.6 Å². The van der Waals surface area contributed by atoms with E-state index in [0.717, 1.165) is 24.1 Å². The summed E-state index contributed by atoms with van der Waals surface area (Å²) >= 11 is 5.89. The average Bonchev–Trinajstić information content (AvgIpc) is 2.44. The third-order valence-corrected chi connectivity index (χ3v) is 2.88. The van der Waals surface area contributed by atoms with E-state index >= 15 is 0 Å². The summed E-state index contributed by atoms with van der Waals surface area (Å²) in [5.74, 6) is 0.945. The summed E-state index contributed by atoms with van der Waals surface area (Å²) in [6.45, 7) is 5.49. The van der Waals surface area contributed by atoms with Crippen LogP contribution in [0.25, 0.3) is 0 Å². The summed E-state index contributed by atoms with van der Waals surface area (Å²) < 4.78 is 0. The fraction of sp³-hybridized carbons (Fsp3) is 0.385. The number of nitrogens with one attached hydrogen (secondary N) is 2. The van der Waals surface area contributed by atoms with Gasteiger partial charge in [-0.15, -0.1) is 0 Å². The van der Waals surface area contributed by atoms with Crippen LogP contribution in [0.15, 0.2) is 18.5 Å². The Bertz CT molecular complexity index is 575. The number of anilines is 2. The van der Waals surface area contributed by atoms with Crippen molar-refractivity contribution in [3.8, 4) is 0 Å². The summed E-state index contributed by atoms with van der Waals surface area (Å²) in [7, 11) is 0. The first-order chi connectivity index (χ1) is 9.69. The molecule has 0 aliphatic rings. The molecule has 20 heavy (non-hydrogen) atoms. The van der Waals surface area contributed by atoms with Crippen LogP contribution in [-0.4, -0.2) is 26.5 Å². The Morgan fingerprint density at radius 1 is 1.15 bits per heavy atom. The zero-order valence-electron chi connectivity index (χ0n) is 11.5. The molecule has 0 aromatic carbocycles. The number of hydrogen-bond donors (Lipinski definition) is 2. The van der Waals surface area contributed by atoms with Crippen molar-refractivity contribution in [2.75, 3.05) is 17.2 Å². The molecule has 2 rings (SSSR count). The third kappa shape index (κ3) is 4.03. The van der Waals surface area contributed by atoms with E-state index in [1.54, 1.807) is 6.20 Å². The van der Waals surface area contributed by atoms with Crippen LogP contribution in [0, 0.1) is 6.92 Å². The second-order valence-electron chi connectivity index (χ2n) is 4.33. The maximum Gasteiger partial charge on any atom is 0.229 e. The van der Waals surface area contributed by atoms with Crippen molar-refractivity contribution < 1.29 is 0 Å². The molecule has 0 saturated carbocycles. The van der Waals surface area contributed by atoms with E-state index in [0.29, 0.717) is 18.4 Å². The van der Waals surface area contributed by atoms with Crippen LogP contribution in [0.4, 0.5) is 11.9 Å². The highest BCUT2D eigenvalue weighted by Crippen LogP contribution is 2.12. The van der Waals surface area contributed by atoms with Crippen molar-refractivity contribution >= 4 is 23.5 Å². The van der Waals surface area contributed by atoms with Crippen molar-refractivity contribution in [1.29, 1.82) is 0 Å². The summed E-state index contributed by atoms with van der Waals surface area (Å²) in [5.41, 5.74) is 2.25. The van der Waals surface area contributed by atoms with Crippen LogP contribution < -0.4 is 10.6 Å². The first-order valence-electron chi connectivity index (χ1n) is 6.48. The van der Waals surface area contributed by atoms with Gasteiger partial charge in [0.2, 0.25) is 17.2 Å². The van der Waals surface area contributed by atoms with Gasteiger partial charge in [0.15, 0.2) is 0 Å². The maximum absolute atomic E-state index is 5.89. The summed E-state index contributed by atoms with van der Waals surface area (Å²) in [6, 6.07) is 1.96. The quantitative estimate of drug-likeness (QED) is 0.852. The van der Waals surface area contributed by atoms with Crippen molar-refractivity contribution in [1.82, 2.24) is 19.9 Å². The lowest BCUT2D eigenvalue weighted by Gasteiger charge is -2.09. The minimum absolute atomic E-state index is 0.174. The second-order valence-corrected chi connectivity index (χ2v) is 4.67. The van der Waals surface area contributed by atoms with E-state index < -0.39 is 0 Å². The van der Waals surface area contributed by atoms with Crippen molar-refractivity contribution in [2.24, 2.45) is 0 Å². The first kappa shape index (κ1) is 14.5. The van der Waals surface area contributed by atoms with Gasteiger partial charge in [-0.1, -0.05) is 6.92 Å².